The summed E-state index contributed by atoms with van der Waals surface area (Å²) in [4.78, 5) is 36.0. The maximum absolute atomic E-state index is 11.9. The Hall–Kier alpha value is -1.90. The quantitative estimate of drug-likeness (QED) is 0.231. The van der Waals surface area contributed by atoms with Crippen molar-refractivity contribution in [3.63, 3.8) is 0 Å². The highest BCUT2D eigenvalue weighted by Gasteiger charge is 2.47. The van der Waals surface area contributed by atoms with Gasteiger partial charge in [-0.25, -0.2) is 9.36 Å². The smallest absolute Gasteiger partial charge is 0.387 e. The monoisotopic (exact) mass is 421 g/mol. The molecule has 1 aliphatic rings. The van der Waals surface area contributed by atoms with Crippen molar-refractivity contribution in [1.29, 1.82) is 0 Å². The molecular weight excluding hydrogens is 401 g/mol. The highest BCUT2D eigenvalue weighted by Crippen LogP contribution is 2.41. The Morgan fingerprint density at radius 3 is 2.86 bits per heavy atom. The Labute approximate surface area is 157 Å². The van der Waals surface area contributed by atoms with Crippen LogP contribution in [0.3, 0.4) is 0 Å². The first kappa shape index (κ1) is 20.8. The predicted octanol–water partition coefficient (Wildman–Crippen LogP) is -2.06. The Balaban J connectivity index is 1.92. The van der Waals surface area contributed by atoms with E-state index in [0.717, 1.165) is 4.52 Å². The third-order valence-electron chi connectivity index (χ3n) is 4.07. The number of H-pyrrole nitrogens is 1. The van der Waals surface area contributed by atoms with Gasteiger partial charge in [0, 0.05) is 12.7 Å². The summed E-state index contributed by atoms with van der Waals surface area (Å²) in [5, 5.41) is 14.5. The number of aliphatic hydroxyl groups is 1. The molecule has 156 valence electrons. The van der Waals surface area contributed by atoms with Crippen molar-refractivity contribution < 1.29 is 38.2 Å². The lowest BCUT2D eigenvalue weighted by Gasteiger charge is -2.20. The van der Waals surface area contributed by atoms with Gasteiger partial charge in [-0.05, 0) is 0 Å². The molecule has 0 bridgehead atoms. The van der Waals surface area contributed by atoms with Crippen LogP contribution in [0.25, 0.3) is 5.65 Å². The van der Waals surface area contributed by atoms with Crippen LogP contribution in [0, 0.1) is 0 Å². The van der Waals surface area contributed by atoms with E-state index in [9.17, 15) is 14.5 Å². The van der Waals surface area contributed by atoms with Crippen LogP contribution in [0.2, 0.25) is 0 Å². The lowest BCUT2D eigenvalue weighted by Crippen LogP contribution is -2.35. The molecule has 1 aliphatic heterocycles. The number of hydrogen-bond donors (Lipinski definition) is 5. The van der Waals surface area contributed by atoms with Crippen LogP contribution in [0.1, 0.15) is 11.7 Å². The van der Waals surface area contributed by atoms with Gasteiger partial charge in [0.25, 0.3) is 0 Å². The number of nitrogens with one attached hydrogen (secondary N) is 1. The lowest BCUT2D eigenvalue weighted by atomic mass is 10.0. The Morgan fingerprint density at radius 2 is 2.18 bits per heavy atom. The number of nitrogen functional groups attached to an aromatic ring is 1. The Morgan fingerprint density at radius 1 is 1.43 bits per heavy atom. The molecule has 0 saturated carbocycles. The molecule has 15 heteroatoms. The summed E-state index contributed by atoms with van der Waals surface area (Å²) in [6.07, 6.45) is -3.01. The molecule has 0 radical (unpaired) electrons. The Kier molecular flexibility index (Phi) is 6.12. The first-order valence-electron chi connectivity index (χ1n) is 8.09. The number of rotatable bonds is 8. The molecule has 3 heterocycles. The van der Waals surface area contributed by atoms with Crippen molar-refractivity contribution in [2.24, 2.45) is 0 Å². The topological polar surface area (TPSA) is 204 Å². The second kappa shape index (κ2) is 8.23. The standard InChI is InChI=1S/C13H20N5O9P/c1-24-2-3-25-10-8(19)7(5-26-28(21,22)23)27-9(10)6-4-15-18-11(6)16-12(14)17-13(18)20/h4,7-10,19H,2-3,5H2,1H3,(H2,21,22,23)(H3,14,16,17,20). The van der Waals surface area contributed by atoms with Crippen molar-refractivity contribution >= 4 is 19.4 Å². The van der Waals surface area contributed by atoms with Gasteiger partial charge >= 0.3 is 13.5 Å². The van der Waals surface area contributed by atoms with E-state index in [4.69, 9.17) is 29.7 Å². The fourth-order valence-corrected chi connectivity index (χ4v) is 3.21. The number of ether oxygens (including phenoxy) is 3. The Bertz CT molecular complexity index is 927. The van der Waals surface area contributed by atoms with Gasteiger partial charge < -0.3 is 34.8 Å². The average Bonchev–Trinajstić information content (AvgIpc) is 3.15. The minimum absolute atomic E-state index is 0.0929. The van der Waals surface area contributed by atoms with E-state index >= 15 is 0 Å². The molecule has 28 heavy (non-hydrogen) atoms. The average molecular weight is 421 g/mol. The largest absolute Gasteiger partial charge is 0.469 e. The van der Waals surface area contributed by atoms with Crippen molar-refractivity contribution in [3.05, 3.63) is 22.2 Å². The first-order valence-corrected chi connectivity index (χ1v) is 9.62. The molecule has 14 nitrogen and oxygen atoms in total. The summed E-state index contributed by atoms with van der Waals surface area (Å²) in [6, 6.07) is 0. The number of aromatic nitrogens is 4. The molecule has 4 atom stereocenters. The summed E-state index contributed by atoms with van der Waals surface area (Å²) < 4.78 is 32.6. The van der Waals surface area contributed by atoms with Crippen LogP contribution < -0.4 is 11.4 Å². The number of nitrogens with zero attached hydrogens (tertiary/aromatic N) is 3. The molecule has 0 aliphatic carbocycles. The van der Waals surface area contributed by atoms with Gasteiger partial charge in [-0.15, -0.1) is 0 Å². The van der Waals surface area contributed by atoms with Gasteiger partial charge in [0.05, 0.1) is 26.0 Å². The number of anilines is 1. The SMILES string of the molecule is COCCOC1C(c2cnn3c(=O)[nH]c(N)nc23)OC(COP(=O)(O)O)C1O. The van der Waals surface area contributed by atoms with Gasteiger partial charge in [-0.2, -0.15) is 14.6 Å². The van der Waals surface area contributed by atoms with Crippen molar-refractivity contribution in [1.82, 2.24) is 19.6 Å². The molecule has 2 aromatic heterocycles. The number of aromatic amines is 1. The number of fused-ring (bicyclic) bond motifs is 1. The first-order chi connectivity index (χ1) is 13.2. The van der Waals surface area contributed by atoms with Crippen LogP contribution in [0.4, 0.5) is 5.95 Å². The zero-order valence-corrected chi connectivity index (χ0v) is 15.6. The fraction of sp³-hybridized carbons (Fsp3) is 0.615. The summed E-state index contributed by atoms with van der Waals surface area (Å²) >= 11 is 0. The van der Waals surface area contributed by atoms with Crippen LogP contribution in [0.5, 0.6) is 0 Å². The van der Waals surface area contributed by atoms with E-state index < -0.39 is 44.5 Å². The zero-order valence-electron chi connectivity index (χ0n) is 14.7. The molecular formula is C13H20N5O9P. The second-order valence-electron chi connectivity index (χ2n) is 5.96. The number of nitrogens with two attached hydrogens (primary N) is 1. The van der Waals surface area contributed by atoms with Gasteiger partial charge in [0.15, 0.2) is 5.65 Å². The van der Waals surface area contributed by atoms with Gasteiger partial charge in [-0.1, -0.05) is 0 Å². The summed E-state index contributed by atoms with van der Waals surface area (Å²) in [7, 11) is -3.29. The van der Waals surface area contributed by atoms with E-state index in [0.29, 0.717) is 5.56 Å². The van der Waals surface area contributed by atoms with Crippen LogP contribution in [-0.4, -0.2) is 79.7 Å². The third kappa shape index (κ3) is 4.39. The fourth-order valence-electron chi connectivity index (χ4n) is 2.87. The predicted molar refractivity (Wildman–Crippen MR) is 91.3 cm³/mol. The summed E-state index contributed by atoms with van der Waals surface area (Å²) in [5.41, 5.74) is 5.36. The van der Waals surface area contributed by atoms with E-state index in [1.165, 1.54) is 13.3 Å². The van der Waals surface area contributed by atoms with Gasteiger partial charge in [0.1, 0.15) is 24.4 Å². The highest BCUT2D eigenvalue weighted by atomic mass is 31.2. The van der Waals surface area contributed by atoms with Crippen molar-refractivity contribution in [2.75, 3.05) is 32.7 Å². The van der Waals surface area contributed by atoms with E-state index in [-0.39, 0.29) is 24.8 Å². The summed E-state index contributed by atoms with van der Waals surface area (Å²) in [6.45, 7) is -0.236. The maximum atomic E-state index is 11.9. The maximum Gasteiger partial charge on any atom is 0.469 e. The van der Waals surface area contributed by atoms with Crippen LogP contribution in [-0.2, 0) is 23.3 Å². The number of phosphoric ester groups is 1. The highest BCUT2D eigenvalue weighted by molar-refractivity contribution is 7.46. The van der Waals surface area contributed by atoms with E-state index in [1.54, 1.807) is 0 Å². The zero-order chi connectivity index (χ0) is 20.5. The second-order valence-corrected chi connectivity index (χ2v) is 7.20. The molecule has 0 aromatic carbocycles. The molecule has 1 saturated heterocycles. The molecule has 1 fully saturated rings. The summed E-state index contributed by atoms with van der Waals surface area (Å²) in [5.74, 6) is -0.143. The number of methoxy groups -OCH3 is 1. The van der Waals surface area contributed by atoms with Gasteiger partial charge in [-0.3, -0.25) is 9.51 Å². The number of hydrogen-bond acceptors (Lipinski definition) is 10. The van der Waals surface area contributed by atoms with Crippen LogP contribution >= 0.6 is 7.82 Å². The molecule has 0 spiro atoms. The van der Waals surface area contributed by atoms with Gasteiger partial charge in [0.2, 0.25) is 5.95 Å². The minimum atomic E-state index is -4.77. The minimum Gasteiger partial charge on any atom is -0.387 e. The van der Waals surface area contributed by atoms with E-state index in [1.807, 2.05) is 0 Å². The molecule has 2 aromatic rings. The number of phosphoric acid groups is 1. The molecule has 3 rings (SSSR count). The molecule has 6 N–H and O–H groups in total. The lowest BCUT2D eigenvalue weighted by molar-refractivity contribution is -0.0528. The van der Waals surface area contributed by atoms with Crippen LogP contribution in [0.15, 0.2) is 11.0 Å². The van der Waals surface area contributed by atoms with Crippen molar-refractivity contribution in [3.8, 4) is 0 Å². The van der Waals surface area contributed by atoms with E-state index in [2.05, 4.69) is 19.6 Å². The normalized spacial score (nSPS) is 25.6. The number of aliphatic hydroxyl groups excluding tert-OH is 1. The van der Waals surface area contributed by atoms with Crippen molar-refractivity contribution in [2.45, 2.75) is 24.4 Å². The molecule has 4 unspecified atom stereocenters. The third-order valence-corrected chi connectivity index (χ3v) is 4.56. The molecule has 0 amide bonds.